The van der Waals surface area contributed by atoms with Gasteiger partial charge in [0.2, 0.25) is 0 Å². The number of halogens is 3. The van der Waals surface area contributed by atoms with E-state index in [2.05, 4.69) is 15.3 Å². The number of aromatic nitrogens is 2. The topological polar surface area (TPSA) is 97.2 Å². The zero-order valence-electron chi connectivity index (χ0n) is 16.9. The van der Waals surface area contributed by atoms with E-state index in [-0.39, 0.29) is 18.6 Å². The molecule has 33 heavy (non-hydrogen) atoms. The van der Waals surface area contributed by atoms with Gasteiger partial charge in [0.25, 0.3) is 5.91 Å². The number of rotatable bonds is 3. The number of amides is 1. The number of aromatic amines is 1. The lowest BCUT2D eigenvalue weighted by atomic mass is 9.80. The predicted molar refractivity (Wildman–Crippen MR) is 111 cm³/mol. The lowest BCUT2D eigenvalue weighted by Crippen LogP contribution is -2.50. The fourth-order valence-corrected chi connectivity index (χ4v) is 4.04. The number of fused-ring (bicyclic) bond motifs is 2. The fourth-order valence-electron chi connectivity index (χ4n) is 4.04. The number of hydrogen-bond acceptors (Lipinski definition) is 5. The lowest BCUT2D eigenvalue weighted by molar-refractivity contribution is -0.137. The van der Waals surface area contributed by atoms with Crippen molar-refractivity contribution in [3.8, 4) is 5.75 Å². The van der Waals surface area contributed by atoms with Crippen LogP contribution in [-0.4, -0.2) is 22.5 Å². The third-order valence-corrected chi connectivity index (χ3v) is 5.62. The molecular formula is C23H16F3N3O4. The van der Waals surface area contributed by atoms with Crippen molar-refractivity contribution in [1.82, 2.24) is 15.3 Å². The molecule has 168 valence electrons. The van der Waals surface area contributed by atoms with Crippen molar-refractivity contribution in [2.75, 3.05) is 6.61 Å². The van der Waals surface area contributed by atoms with E-state index >= 15 is 0 Å². The van der Waals surface area contributed by atoms with Crippen molar-refractivity contribution in [2.24, 2.45) is 0 Å². The molecule has 1 atom stereocenters. The number of pyridine rings is 1. The van der Waals surface area contributed by atoms with Crippen LogP contribution in [0.1, 0.15) is 33.6 Å². The Hall–Kier alpha value is -4.08. The van der Waals surface area contributed by atoms with Crippen LogP contribution < -0.4 is 15.8 Å². The molecule has 0 aliphatic carbocycles. The van der Waals surface area contributed by atoms with E-state index < -0.39 is 28.9 Å². The minimum Gasteiger partial charge on any atom is -0.491 e. The highest BCUT2D eigenvalue weighted by molar-refractivity contribution is 5.97. The highest BCUT2D eigenvalue weighted by Gasteiger charge is 2.43. The molecule has 0 saturated carbocycles. The van der Waals surface area contributed by atoms with Crippen molar-refractivity contribution >= 4 is 17.0 Å². The maximum Gasteiger partial charge on any atom is 0.417 e. The Balaban J connectivity index is 1.60. The molecule has 1 aliphatic rings. The SMILES string of the molecule is O=C(N[C@]1(c2ccc(C(F)(F)F)cc2)CCOc2cccnc21)c1ccc2oc(=O)[nH]c2c1. The van der Waals surface area contributed by atoms with E-state index in [1.54, 1.807) is 12.1 Å². The maximum absolute atomic E-state index is 13.3. The molecule has 0 unspecified atom stereocenters. The number of nitrogens with zero attached hydrogens (tertiary/aromatic N) is 1. The fraction of sp³-hybridized carbons (Fsp3) is 0.174. The third kappa shape index (κ3) is 3.63. The molecular weight excluding hydrogens is 439 g/mol. The summed E-state index contributed by atoms with van der Waals surface area (Å²) in [4.78, 5) is 31.6. The van der Waals surface area contributed by atoms with Gasteiger partial charge in [-0.2, -0.15) is 13.2 Å². The van der Waals surface area contributed by atoms with Gasteiger partial charge in [-0.15, -0.1) is 0 Å². The maximum atomic E-state index is 13.3. The first kappa shape index (κ1) is 20.8. The number of H-pyrrole nitrogens is 1. The van der Waals surface area contributed by atoms with Crippen LogP contribution in [0.5, 0.6) is 5.75 Å². The number of carbonyl (C=O) groups is 1. The highest BCUT2D eigenvalue weighted by Crippen LogP contribution is 2.41. The Morgan fingerprint density at radius 1 is 1.12 bits per heavy atom. The average Bonchev–Trinajstić information content (AvgIpc) is 3.18. The molecule has 4 aromatic rings. The van der Waals surface area contributed by atoms with Crippen LogP contribution in [0.15, 0.2) is 70.0 Å². The molecule has 0 spiro atoms. The molecule has 10 heteroatoms. The van der Waals surface area contributed by atoms with Gasteiger partial charge in [-0.1, -0.05) is 12.1 Å². The number of alkyl halides is 3. The monoisotopic (exact) mass is 455 g/mol. The van der Waals surface area contributed by atoms with Crippen LogP contribution in [0.4, 0.5) is 13.2 Å². The third-order valence-electron chi connectivity index (χ3n) is 5.62. The van der Waals surface area contributed by atoms with Crippen molar-refractivity contribution in [3.05, 3.63) is 93.7 Å². The van der Waals surface area contributed by atoms with Crippen molar-refractivity contribution < 1.29 is 27.1 Å². The molecule has 2 aromatic carbocycles. The molecule has 5 rings (SSSR count). The van der Waals surface area contributed by atoms with Gasteiger partial charge in [-0.3, -0.25) is 14.8 Å². The lowest BCUT2D eigenvalue weighted by Gasteiger charge is -2.39. The van der Waals surface area contributed by atoms with E-state index in [0.29, 0.717) is 28.1 Å². The minimum atomic E-state index is -4.49. The second-order valence-corrected chi connectivity index (χ2v) is 7.61. The van der Waals surface area contributed by atoms with Crippen LogP contribution in [-0.2, 0) is 11.7 Å². The molecule has 1 amide bonds. The Labute approximate surface area is 184 Å². The van der Waals surface area contributed by atoms with E-state index in [1.807, 2.05) is 0 Å². The van der Waals surface area contributed by atoms with Crippen LogP contribution >= 0.6 is 0 Å². The Morgan fingerprint density at radius 3 is 2.67 bits per heavy atom. The van der Waals surface area contributed by atoms with Crippen molar-refractivity contribution in [1.29, 1.82) is 0 Å². The summed E-state index contributed by atoms with van der Waals surface area (Å²) in [5.74, 6) is -0.720. The summed E-state index contributed by atoms with van der Waals surface area (Å²) in [6.45, 7) is 0.216. The van der Waals surface area contributed by atoms with Gasteiger partial charge in [-0.25, -0.2) is 4.79 Å². The molecule has 2 aromatic heterocycles. The quantitative estimate of drug-likeness (QED) is 0.487. The predicted octanol–water partition coefficient (Wildman–Crippen LogP) is 3.99. The molecule has 2 N–H and O–H groups in total. The molecule has 0 fully saturated rings. The summed E-state index contributed by atoms with van der Waals surface area (Å²) in [5, 5.41) is 2.97. The van der Waals surface area contributed by atoms with E-state index in [9.17, 15) is 22.8 Å². The summed E-state index contributed by atoms with van der Waals surface area (Å²) in [5.41, 5.74) is -0.319. The molecule has 0 bridgehead atoms. The zero-order chi connectivity index (χ0) is 23.2. The summed E-state index contributed by atoms with van der Waals surface area (Å²) < 4.78 is 50.0. The van der Waals surface area contributed by atoms with E-state index in [4.69, 9.17) is 9.15 Å². The van der Waals surface area contributed by atoms with Crippen LogP contribution in [0, 0.1) is 0 Å². The number of hydrogen-bond donors (Lipinski definition) is 2. The first-order valence-corrected chi connectivity index (χ1v) is 9.98. The summed E-state index contributed by atoms with van der Waals surface area (Å²) in [7, 11) is 0. The first-order chi connectivity index (χ1) is 15.8. The van der Waals surface area contributed by atoms with Crippen molar-refractivity contribution in [3.63, 3.8) is 0 Å². The van der Waals surface area contributed by atoms with Crippen LogP contribution in [0.2, 0.25) is 0 Å². The molecule has 7 nitrogen and oxygen atoms in total. The van der Waals surface area contributed by atoms with Gasteiger partial charge >= 0.3 is 11.9 Å². The largest absolute Gasteiger partial charge is 0.491 e. The van der Waals surface area contributed by atoms with E-state index in [0.717, 1.165) is 12.1 Å². The zero-order valence-corrected chi connectivity index (χ0v) is 16.9. The second-order valence-electron chi connectivity index (χ2n) is 7.61. The van der Waals surface area contributed by atoms with Gasteiger partial charge < -0.3 is 14.5 Å². The summed E-state index contributed by atoms with van der Waals surface area (Å²) in [6, 6.07) is 12.4. The molecule has 0 radical (unpaired) electrons. The summed E-state index contributed by atoms with van der Waals surface area (Å²) >= 11 is 0. The van der Waals surface area contributed by atoms with Gasteiger partial charge in [-0.05, 0) is 48.0 Å². The van der Waals surface area contributed by atoms with E-state index in [1.165, 1.54) is 36.5 Å². The van der Waals surface area contributed by atoms with Crippen LogP contribution in [0.3, 0.4) is 0 Å². The van der Waals surface area contributed by atoms with Gasteiger partial charge in [0.15, 0.2) is 5.58 Å². The van der Waals surface area contributed by atoms with Gasteiger partial charge in [0.05, 0.1) is 17.7 Å². The second kappa shape index (κ2) is 7.51. The number of nitrogens with one attached hydrogen (secondary N) is 2. The smallest absolute Gasteiger partial charge is 0.417 e. The van der Waals surface area contributed by atoms with Gasteiger partial charge in [0.1, 0.15) is 17.0 Å². The number of oxazole rings is 1. The molecule has 3 heterocycles. The normalized spacial score (nSPS) is 17.9. The number of ether oxygens (including phenoxy) is 1. The highest BCUT2D eigenvalue weighted by atomic mass is 19.4. The average molecular weight is 455 g/mol. The first-order valence-electron chi connectivity index (χ1n) is 9.98. The van der Waals surface area contributed by atoms with Gasteiger partial charge in [0, 0.05) is 18.2 Å². The standard InChI is InChI=1S/C23H16F3N3O4/c24-23(25,26)15-6-4-14(5-7-15)22(9-11-32-18-2-1-10-27-19(18)22)29-20(30)13-3-8-17-16(12-13)28-21(31)33-17/h1-8,10,12H,9,11H2,(H,28,31)(H,29,30)/t22-/m0/s1. The molecule has 1 aliphatic heterocycles. The Kier molecular flexibility index (Phi) is 4.73. The number of carbonyl (C=O) groups excluding carboxylic acids is 1. The van der Waals surface area contributed by atoms with Crippen LogP contribution in [0.25, 0.3) is 11.1 Å². The minimum absolute atomic E-state index is 0.216. The Bertz CT molecular complexity index is 1410. The Morgan fingerprint density at radius 2 is 1.91 bits per heavy atom. The number of benzene rings is 2. The van der Waals surface area contributed by atoms with Crippen molar-refractivity contribution in [2.45, 2.75) is 18.1 Å². The molecule has 0 saturated heterocycles. The summed E-state index contributed by atoms with van der Waals surface area (Å²) in [6.07, 6.45) is -2.71.